The van der Waals surface area contributed by atoms with E-state index in [0.717, 1.165) is 0 Å². The van der Waals surface area contributed by atoms with Crippen molar-refractivity contribution in [2.24, 2.45) is 0 Å². The van der Waals surface area contributed by atoms with Gasteiger partial charge in [0.15, 0.2) is 0 Å². The maximum Gasteiger partial charge on any atom is 0.417 e. The molecular weight excluding hydrogens is 152 g/mol. The smallest absolute Gasteiger partial charge is 0.303 e. The van der Waals surface area contributed by atoms with Crippen LogP contribution in [0.4, 0.5) is 17.6 Å². The zero-order valence-corrected chi connectivity index (χ0v) is 4.78. The van der Waals surface area contributed by atoms with E-state index in [1.807, 2.05) is 0 Å². The zero-order chi connectivity index (χ0) is 8.20. The minimum Gasteiger partial charge on any atom is -0.303 e. The quantitative estimate of drug-likeness (QED) is 0.444. The Hall–Kier alpha value is -0.760. The summed E-state index contributed by atoms with van der Waals surface area (Å²) in [5.74, 6) is 1.64. The maximum atomic E-state index is 11.7. The van der Waals surface area contributed by atoms with Gasteiger partial charge in [-0.3, -0.25) is 0 Å². The number of hydrogen-bond acceptors (Lipinski definition) is 1. The molecule has 0 aliphatic rings. The lowest BCUT2D eigenvalue weighted by Crippen LogP contribution is -2.30. The number of hydrogen-bond donors (Lipinski definition) is 0. The molecule has 0 heterocycles. The molecule has 0 unspecified atom stereocenters. The van der Waals surface area contributed by atoms with Crippen LogP contribution in [0.15, 0.2) is 0 Å². The van der Waals surface area contributed by atoms with Gasteiger partial charge in [-0.2, -0.15) is 8.78 Å². The summed E-state index contributed by atoms with van der Waals surface area (Å²) in [5, 5.41) is 0. The van der Waals surface area contributed by atoms with Crippen LogP contribution < -0.4 is 0 Å². The number of rotatable bonds is 3. The SMILES string of the molecule is C#CCOC(F)(F)C(F)F. The summed E-state index contributed by atoms with van der Waals surface area (Å²) >= 11 is 0. The van der Waals surface area contributed by atoms with E-state index in [0.29, 0.717) is 0 Å². The summed E-state index contributed by atoms with van der Waals surface area (Å²) in [4.78, 5) is 0. The molecule has 0 fully saturated rings. The van der Waals surface area contributed by atoms with E-state index in [4.69, 9.17) is 0 Å². The Morgan fingerprint density at radius 1 is 1.50 bits per heavy atom. The third kappa shape index (κ3) is 2.69. The number of halogens is 4. The van der Waals surface area contributed by atoms with Gasteiger partial charge in [0.25, 0.3) is 0 Å². The molecule has 0 bridgehead atoms. The lowest BCUT2D eigenvalue weighted by Gasteiger charge is -2.12. The number of ether oxygens (including phenoxy) is 1. The molecule has 10 heavy (non-hydrogen) atoms. The van der Waals surface area contributed by atoms with E-state index in [-0.39, 0.29) is 0 Å². The van der Waals surface area contributed by atoms with Crippen LogP contribution in [-0.4, -0.2) is 19.1 Å². The Kier molecular flexibility index (Phi) is 3.16. The largest absolute Gasteiger partial charge is 0.417 e. The van der Waals surface area contributed by atoms with Gasteiger partial charge in [0.2, 0.25) is 0 Å². The first kappa shape index (κ1) is 9.24. The van der Waals surface area contributed by atoms with Gasteiger partial charge >= 0.3 is 12.5 Å². The van der Waals surface area contributed by atoms with Crippen LogP contribution in [-0.2, 0) is 4.74 Å². The first-order valence-corrected chi connectivity index (χ1v) is 2.24. The van der Waals surface area contributed by atoms with E-state index in [2.05, 4.69) is 11.2 Å². The van der Waals surface area contributed by atoms with Crippen LogP contribution >= 0.6 is 0 Å². The standard InChI is InChI=1S/C5H4F4O/c1-2-3-10-5(8,9)4(6)7/h1,4H,3H2. The van der Waals surface area contributed by atoms with Crippen LogP contribution in [0.3, 0.4) is 0 Å². The summed E-state index contributed by atoms with van der Waals surface area (Å²) in [6.07, 6.45) is -3.77. The fourth-order valence-electron chi connectivity index (χ4n) is 0.201. The minimum atomic E-state index is -4.42. The molecule has 0 atom stereocenters. The number of alkyl halides is 4. The average Bonchev–Trinajstić information content (AvgIpc) is 1.84. The Labute approximate surface area is 55.0 Å². The lowest BCUT2D eigenvalue weighted by atomic mass is 10.6. The second-order valence-electron chi connectivity index (χ2n) is 1.36. The molecule has 0 aliphatic carbocycles. The molecule has 0 saturated heterocycles. The van der Waals surface area contributed by atoms with Crippen molar-refractivity contribution >= 4 is 0 Å². The molecule has 0 aliphatic heterocycles. The van der Waals surface area contributed by atoms with Crippen LogP contribution in [0, 0.1) is 12.3 Å². The molecule has 5 heteroatoms. The predicted molar refractivity (Wildman–Crippen MR) is 25.7 cm³/mol. The molecule has 58 valence electrons. The molecule has 0 aromatic rings. The summed E-state index contributed by atoms with van der Waals surface area (Å²) in [7, 11) is 0. The molecule has 0 radical (unpaired) electrons. The van der Waals surface area contributed by atoms with Crippen LogP contribution in [0.1, 0.15) is 0 Å². The Morgan fingerprint density at radius 3 is 2.30 bits per heavy atom. The van der Waals surface area contributed by atoms with Gasteiger partial charge in [-0.25, -0.2) is 8.78 Å². The van der Waals surface area contributed by atoms with E-state index in [1.54, 1.807) is 5.92 Å². The van der Waals surface area contributed by atoms with Crippen LogP contribution in [0.2, 0.25) is 0 Å². The predicted octanol–water partition coefficient (Wildman–Crippen LogP) is 1.49. The Morgan fingerprint density at radius 2 is 2.00 bits per heavy atom. The van der Waals surface area contributed by atoms with Gasteiger partial charge in [0.05, 0.1) is 0 Å². The Bertz CT molecular complexity index is 137. The van der Waals surface area contributed by atoms with Crippen molar-refractivity contribution in [2.75, 3.05) is 6.61 Å². The molecule has 0 saturated carbocycles. The molecule has 1 nitrogen and oxygen atoms in total. The minimum absolute atomic E-state index is 0.822. The van der Waals surface area contributed by atoms with Crippen molar-refractivity contribution in [1.29, 1.82) is 0 Å². The fourth-order valence-corrected chi connectivity index (χ4v) is 0.201. The van der Waals surface area contributed by atoms with Crippen molar-refractivity contribution in [2.45, 2.75) is 12.5 Å². The van der Waals surface area contributed by atoms with Gasteiger partial charge in [-0.1, -0.05) is 5.92 Å². The highest BCUT2D eigenvalue weighted by Crippen LogP contribution is 2.23. The number of terminal acetylenes is 1. The van der Waals surface area contributed by atoms with Crippen molar-refractivity contribution in [3.8, 4) is 12.3 Å². The van der Waals surface area contributed by atoms with Gasteiger partial charge in [0.1, 0.15) is 6.61 Å². The van der Waals surface area contributed by atoms with Gasteiger partial charge in [-0.05, 0) is 0 Å². The second kappa shape index (κ2) is 3.42. The Balaban J connectivity index is 3.77. The van der Waals surface area contributed by atoms with Crippen LogP contribution in [0.5, 0.6) is 0 Å². The first-order chi connectivity index (χ1) is 4.50. The van der Waals surface area contributed by atoms with Crippen molar-refractivity contribution < 1.29 is 22.3 Å². The summed E-state index contributed by atoms with van der Waals surface area (Å²) in [5.41, 5.74) is 0. The van der Waals surface area contributed by atoms with Gasteiger partial charge < -0.3 is 4.74 Å². The normalized spacial score (nSPS) is 11.6. The third-order valence-electron chi connectivity index (χ3n) is 0.602. The van der Waals surface area contributed by atoms with Crippen molar-refractivity contribution in [3.63, 3.8) is 0 Å². The lowest BCUT2D eigenvalue weighted by molar-refractivity contribution is -0.294. The van der Waals surface area contributed by atoms with E-state index < -0.39 is 19.1 Å². The zero-order valence-electron chi connectivity index (χ0n) is 4.78. The molecular formula is C5H4F4O. The highest BCUT2D eigenvalue weighted by Gasteiger charge is 2.41. The molecule has 0 aromatic heterocycles. The monoisotopic (exact) mass is 156 g/mol. The third-order valence-corrected chi connectivity index (χ3v) is 0.602. The maximum absolute atomic E-state index is 11.7. The topological polar surface area (TPSA) is 9.23 Å². The highest BCUT2D eigenvalue weighted by atomic mass is 19.3. The molecule has 0 rings (SSSR count). The summed E-state index contributed by atoms with van der Waals surface area (Å²) in [6.45, 7) is -0.822. The summed E-state index contributed by atoms with van der Waals surface area (Å²) < 4.78 is 49.0. The molecule has 0 spiro atoms. The van der Waals surface area contributed by atoms with Gasteiger partial charge in [-0.15, -0.1) is 6.42 Å². The average molecular weight is 156 g/mol. The summed E-state index contributed by atoms with van der Waals surface area (Å²) in [6, 6.07) is 0. The molecule has 0 N–H and O–H groups in total. The van der Waals surface area contributed by atoms with Crippen molar-refractivity contribution in [3.05, 3.63) is 0 Å². The van der Waals surface area contributed by atoms with E-state index in [1.165, 1.54) is 0 Å². The second-order valence-corrected chi connectivity index (χ2v) is 1.36. The van der Waals surface area contributed by atoms with E-state index >= 15 is 0 Å². The van der Waals surface area contributed by atoms with Gasteiger partial charge in [0, 0.05) is 0 Å². The first-order valence-electron chi connectivity index (χ1n) is 2.24. The van der Waals surface area contributed by atoms with E-state index in [9.17, 15) is 17.6 Å². The van der Waals surface area contributed by atoms with Crippen molar-refractivity contribution in [1.82, 2.24) is 0 Å². The highest BCUT2D eigenvalue weighted by molar-refractivity contribution is 4.83. The fraction of sp³-hybridized carbons (Fsp3) is 0.600. The molecule has 0 aromatic carbocycles. The van der Waals surface area contributed by atoms with Crippen LogP contribution in [0.25, 0.3) is 0 Å². The molecule has 0 amide bonds.